The fourth-order valence-electron chi connectivity index (χ4n) is 1.94. The van der Waals surface area contributed by atoms with Gasteiger partial charge in [-0.2, -0.15) is 0 Å². The van der Waals surface area contributed by atoms with Crippen molar-refractivity contribution in [1.29, 1.82) is 0 Å². The maximum atomic E-state index is 12.1. The van der Waals surface area contributed by atoms with Crippen LogP contribution in [0.4, 0.5) is 0 Å². The molecule has 1 saturated heterocycles. The van der Waals surface area contributed by atoms with E-state index in [1.165, 1.54) is 6.42 Å². The number of hydrogen-bond acceptors (Lipinski definition) is 3. The lowest BCUT2D eigenvalue weighted by molar-refractivity contribution is -0.131. The Morgan fingerprint density at radius 3 is 2.59 bits per heavy atom. The van der Waals surface area contributed by atoms with Crippen LogP contribution in [-0.2, 0) is 4.79 Å². The largest absolute Gasteiger partial charge is 0.338 e. The molecule has 0 aliphatic carbocycles. The zero-order chi connectivity index (χ0) is 12.2. The molecule has 1 rings (SSSR count). The number of likely N-dealkylation sites (tertiary alicyclic amines) is 1. The molecule has 1 aliphatic rings. The lowest BCUT2D eigenvalue weighted by Gasteiger charge is -2.35. The van der Waals surface area contributed by atoms with Gasteiger partial charge >= 0.3 is 0 Å². The highest BCUT2D eigenvalue weighted by Crippen LogP contribution is 2.25. The van der Waals surface area contributed by atoms with E-state index in [0.29, 0.717) is 12.3 Å². The van der Waals surface area contributed by atoms with Crippen molar-refractivity contribution < 1.29 is 4.79 Å². The first-order chi connectivity index (χ1) is 7.44. The number of nitrogens with two attached hydrogens (primary N) is 1. The third kappa shape index (κ3) is 5.98. The Kier molecular flexibility index (Phi) is 7.52. The average molecular weight is 281 g/mol. The van der Waals surface area contributed by atoms with Crippen LogP contribution in [0.2, 0.25) is 0 Å². The number of thioether (sulfide) groups is 1. The molecule has 0 spiro atoms. The van der Waals surface area contributed by atoms with Crippen molar-refractivity contribution in [3.63, 3.8) is 0 Å². The van der Waals surface area contributed by atoms with Gasteiger partial charge in [-0.1, -0.05) is 20.8 Å². The van der Waals surface area contributed by atoms with Crippen LogP contribution in [0.5, 0.6) is 0 Å². The second-order valence-electron chi connectivity index (χ2n) is 5.37. The molecule has 3 nitrogen and oxygen atoms in total. The van der Waals surface area contributed by atoms with Crippen LogP contribution >= 0.6 is 24.2 Å². The highest BCUT2D eigenvalue weighted by Gasteiger charge is 2.26. The lowest BCUT2D eigenvalue weighted by atomic mass is 10.0. The Bertz CT molecular complexity index is 243. The van der Waals surface area contributed by atoms with Crippen molar-refractivity contribution in [1.82, 2.24) is 4.90 Å². The first-order valence-corrected chi connectivity index (χ1v) is 7.06. The van der Waals surface area contributed by atoms with Crippen LogP contribution in [0.1, 0.15) is 40.0 Å². The highest BCUT2D eigenvalue weighted by atomic mass is 35.5. The van der Waals surface area contributed by atoms with Crippen molar-refractivity contribution >= 4 is 30.1 Å². The number of carbonyl (C=O) groups excluding carboxylic acids is 1. The summed E-state index contributed by atoms with van der Waals surface area (Å²) in [6.07, 6.45) is 3.41. The molecular weight excluding hydrogens is 256 g/mol. The van der Waals surface area contributed by atoms with Crippen molar-refractivity contribution in [2.75, 3.05) is 18.8 Å². The summed E-state index contributed by atoms with van der Waals surface area (Å²) in [5.74, 6) is 0.843. The fraction of sp³-hybridized carbons (Fsp3) is 0.917. The number of piperidine rings is 1. The lowest BCUT2D eigenvalue weighted by Crippen LogP contribution is -2.48. The number of amides is 1. The summed E-state index contributed by atoms with van der Waals surface area (Å²) < 4.78 is 0.156. The van der Waals surface area contributed by atoms with E-state index in [1.807, 2.05) is 4.90 Å². The van der Waals surface area contributed by atoms with E-state index in [2.05, 4.69) is 20.8 Å². The van der Waals surface area contributed by atoms with Gasteiger partial charge in [-0.05, 0) is 19.3 Å². The van der Waals surface area contributed by atoms with Gasteiger partial charge in [0.25, 0.3) is 0 Å². The molecule has 5 heteroatoms. The Morgan fingerprint density at radius 2 is 2.06 bits per heavy atom. The first-order valence-electron chi connectivity index (χ1n) is 6.07. The summed E-state index contributed by atoms with van der Waals surface area (Å²) in [6.45, 7) is 7.92. The van der Waals surface area contributed by atoms with E-state index in [9.17, 15) is 4.79 Å². The summed E-state index contributed by atoms with van der Waals surface area (Å²) in [5, 5.41) is 0. The highest BCUT2D eigenvalue weighted by molar-refractivity contribution is 8.01. The first kappa shape index (κ1) is 17.1. The molecule has 0 radical (unpaired) electrons. The molecule has 1 amide bonds. The predicted molar refractivity (Wildman–Crippen MR) is 77.9 cm³/mol. The average Bonchev–Trinajstić information content (AvgIpc) is 2.25. The van der Waals surface area contributed by atoms with Crippen LogP contribution < -0.4 is 5.73 Å². The van der Waals surface area contributed by atoms with Crippen LogP contribution in [0.15, 0.2) is 0 Å². The zero-order valence-electron chi connectivity index (χ0n) is 11.1. The van der Waals surface area contributed by atoms with Crippen molar-refractivity contribution in [3.8, 4) is 0 Å². The molecule has 17 heavy (non-hydrogen) atoms. The Balaban J connectivity index is 0.00000256. The molecule has 0 aromatic heterocycles. The van der Waals surface area contributed by atoms with Crippen LogP contribution in [-0.4, -0.2) is 40.4 Å². The van der Waals surface area contributed by atoms with Crippen LogP contribution in [0, 0.1) is 0 Å². The Morgan fingerprint density at radius 1 is 1.41 bits per heavy atom. The predicted octanol–water partition coefficient (Wildman–Crippen LogP) is 2.28. The molecule has 102 valence electrons. The fourth-order valence-corrected chi connectivity index (χ4v) is 2.66. The topological polar surface area (TPSA) is 46.3 Å². The summed E-state index contributed by atoms with van der Waals surface area (Å²) in [7, 11) is 0. The number of hydrogen-bond donors (Lipinski definition) is 1. The monoisotopic (exact) mass is 280 g/mol. The zero-order valence-corrected chi connectivity index (χ0v) is 12.7. The van der Waals surface area contributed by atoms with E-state index in [0.717, 1.165) is 19.4 Å². The van der Waals surface area contributed by atoms with Gasteiger partial charge in [0.1, 0.15) is 0 Å². The number of rotatable bonds is 3. The van der Waals surface area contributed by atoms with Gasteiger partial charge in [0.05, 0.1) is 5.75 Å². The minimum absolute atomic E-state index is 0. The van der Waals surface area contributed by atoms with Crippen LogP contribution in [0.3, 0.4) is 0 Å². The van der Waals surface area contributed by atoms with Gasteiger partial charge in [-0.15, -0.1) is 24.2 Å². The second kappa shape index (κ2) is 7.49. The SMILES string of the molecule is CC(C)(C)SCC(=O)N1CCCCC1CN.Cl. The second-order valence-corrected chi connectivity index (χ2v) is 7.18. The number of halogens is 1. The number of carbonyl (C=O) groups is 1. The molecule has 1 heterocycles. The molecule has 2 N–H and O–H groups in total. The quantitative estimate of drug-likeness (QED) is 0.863. The molecule has 1 atom stereocenters. The molecule has 0 aromatic carbocycles. The van der Waals surface area contributed by atoms with Crippen molar-refractivity contribution in [2.45, 2.75) is 50.8 Å². The van der Waals surface area contributed by atoms with Gasteiger partial charge in [0, 0.05) is 23.9 Å². The number of nitrogens with zero attached hydrogens (tertiary/aromatic N) is 1. The molecule has 0 bridgehead atoms. The van der Waals surface area contributed by atoms with Gasteiger partial charge in [-0.3, -0.25) is 4.79 Å². The summed E-state index contributed by atoms with van der Waals surface area (Å²) >= 11 is 1.72. The third-order valence-corrected chi connectivity index (χ3v) is 4.11. The van der Waals surface area contributed by atoms with Gasteiger partial charge in [-0.25, -0.2) is 0 Å². The summed E-state index contributed by atoms with van der Waals surface area (Å²) in [5.41, 5.74) is 5.71. The summed E-state index contributed by atoms with van der Waals surface area (Å²) in [4.78, 5) is 14.1. The third-order valence-electron chi connectivity index (χ3n) is 2.85. The molecule has 1 fully saturated rings. The van der Waals surface area contributed by atoms with E-state index in [4.69, 9.17) is 5.73 Å². The van der Waals surface area contributed by atoms with Gasteiger partial charge < -0.3 is 10.6 Å². The molecule has 0 saturated carbocycles. The van der Waals surface area contributed by atoms with Crippen molar-refractivity contribution in [3.05, 3.63) is 0 Å². The smallest absolute Gasteiger partial charge is 0.232 e. The van der Waals surface area contributed by atoms with Crippen molar-refractivity contribution in [2.24, 2.45) is 5.73 Å². The van der Waals surface area contributed by atoms with Crippen LogP contribution in [0.25, 0.3) is 0 Å². The molecular formula is C12H25ClN2OS. The normalized spacial score (nSPS) is 20.9. The summed E-state index contributed by atoms with van der Waals surface area (Å²) in [6, 6.07) is 0.279. The van der Waals surface area contributed by atoms with E-state index in [1.54, 1.807) is 11.8 Å². The molecule has 1 aliphatic heterocycles. The Hall–Kier alpha value is 0.0700. The minimum Gasteiger partial charge on any atom is -0.338 e. The standard InChI is InChI=1S/C12H24N2OS.ClH/c1-12(2,3)16-9-11(15)14-7-5-4-6-10(14)8-13;/h10H,4-9,13H2,1-3H3;1H. The Labute approximate surface area is 115 Å². The maximum Gasteiger partial charge on any atom is 0.232 e. The van der Waals surface area contributed by atoms with Gasteiger partial charge in [0.15, 0.2) is 0 Å². The van der Waals surface area contributed by atoms with Gasteiger partial charge in [0.2, 0.25) is 5.91 Å². The minimum atomic E-state index is 0. The van der Waals surface area contributed by atoms with E-state index in [-0.39, 0.29) is 29.1 Å². The molecule has 1 unspecified atom stereocenters. The van der Waals surface area contributed by atoms with E-state index >= 15 is 0 Å². The molecule has 0 aromatic rings. The van der Waals surface area contributed by atoms with E-state index < -0.39 is 0 Å². The maximum absolute atomic E-state index is 12.1.